The zero-order chi connectivity index (χ0) is 12.3. The number of rotatable bonds is 3. The zero-order valence-corrected chi connectivity index (χ0v) is 10.3. The molecule has 90 valence electrons. The topological polar surface area (TPSA) is 61.8 Å². The lowest BCUT2D eigenvalue weighted by Crippen LogP contribution is -2.48. The van der Waals surface area contributed by atoms with Crippen LogP contribution in [0.25, 0.3) is 0 Å². The summed E-state index contributed by atoms with van der Waals surface area (Å²) in [7, 11) is 1.77. The van der Waals surface area contributed by atoms with E-state index in [4.69, 9.17) is 0 Å². The molecule has 0 saturated heterocycles. The molecule has 0 atom stereocenters. The monoisotopic (exact) mass is 225 g/mol. The Balaban J connectivity index is 2.75. The first-order valence-electron chi connectivity index (χ1n) is 5.52. The van der Waals surface area contributed by atoms with Gasteiger partial charge in [0.1, 0.15) is 5.71 Å². The normalized spacial score (nSPS) is 16.5. The van der Waals surface area contributed by atoms with Crippen molar-refractivity contribution >= 4 is 17.5 Å². The van der Waals surface area contributed by atoms with Crippen molar-refractivity contribution in [3.05, 3.63) is 0 Å². The largest absolute Gasteiger partial charge is 0.335 e. The lowest BCUT2D eigenvalue weighted by Gasteiger charge is -2.35. The van der Waals surface area contributed by atoms with Gasteiger partial charge in [-0.3, -0.25) is 9.59 Å². The van der Waals surface area contributed by atoms with E-state index in [2.05, 4.69) is 10.5 Å². The van der Waals surface area contributed by atoms with Crippen molar-refractivity contribution in [2.24, 2.45) is 5.10 Å². The maximum absolute atomic E-state index is 12.1. The van der Waals surface area contributed by atoms with Gasteiger partial charge in [-0.15, -0.1) is 0 Å². The summed E-state index contributed by atoms with van der Waals surface area (Å²) in [5.41, 5.74) is 2.58. The third-order valence-corrected chi connectivity index (χ3v) is 3.23. The standard InChI is InChI=1S/C11H19N3O2/c1-5-11(2,3)14(4)10(16)8-6-7-9(15)13-12-8/h5-7H2,1-4H3,(H,13,15). The van der Waals surface area contributed by atoms with E-state index in [1.165, 1.54) is 0 Å². The van der Waals surface area contributed by atoms with Crippen molar-refractivity contribution in [3.8, 4) is 0 Å². The number of hydrogen-bond donors (Lipinski definition) is 1. The summed E-state index contributed by atoms with van der Waals surface area (Å²) in [4.78, 5) is 24.6. The lowest BCUT2D eigenvalue weighted by molar-refractivity contribution is -0.127. The molecular weight excluding hydrogens is 206 g/mol. The Bertz CT molecular complexity index is 334. The van der Waals surface area contributed by atoms with E-state index in [1.54, 1.807) is 11.9 Å². The average molecular weight is 225 g/mol. The van der Waals surface area contributed by atoms with E-state index in [9.17, 15) is 9.59 Å². The SMILES string of the molecule is CCC(C)(C)N(C)C(=O)C1=NNC(=O)CC1. The Morgan fingerprint density at radius 1 is 1.50 bits per heavy atom. The van der Waals surface area contributed by atoms with Crippen LogP contribution in [0.15, 0.2) is 5.10 Å². The van der Waals surface area contributed by atoms with Gasteiger partial charge < -0.3 is 4.90 Å². The Kier molecular flexibility index (Phi) is 3.67. The van der Waals surface area contributed by atoms with Crippen LogP contribution in [0.4, 0.5) is 0 Å². The van der Waals surface area contributed by atoms with Crippen LogP contribution in [-0.2, 0) is 9.59 Å². The number of nitrogens with one attached hydrogen (secondary N) is 1. The predicted octanol–water partition coefficient (Wildman–Crippen LogP) is 0.899. The van der Waals surface area contributed by atoms with Gasteiger partial charge >= 0.3 is 0 Å². The fraction of sp³-hybridized carbons (Fsp3) is 0.727. The molecule has 0 unspecified atom stereocenters. The molecule has 1 aliphatic heterocycles. The molecule has 0 aliphatic carbocycles. The predicted molar refractivity (Wildman–Crippen MR) is 62.0 cm³/mol. The van der Waals surface area contributed by atoms with Gasteiger partial charge in [-0.25, -0.2) is 5.43 Å². The second kappa shape index (κ2) is 4.63. The molecule has 0 radical (unpaired) electrons. The highest BCUT2D eigenvalue weighted by Crippen LogP contribution is 2.17. The van der Waals surface area contributed by atoms with Gasteiger partial charge in [0.25, 0.3) is 5.91 Å². The molecule has 2 amide bonds. The minimum atomic E-state index is -0.193. The first kappa shape index (κ1) is 12.7. The highest BCUT2D eigenvalue weighted by Gasteiger charge is 2.29. The summed E-state index contributed by atoms with van der Waals surface area (Å²) < 4.78 is 0. The van der Waals surface area contributed by atoms with E-state index in [0.29, 0.717) is 18.6 Å². The maximum atomic E-state index is 12.1. The van der Waals surface area contributed by atoms with Gasteiger partial charge in [0.2, 0.25) is 5.91 Å². The van der Waals surface area contributed by atoms with Crippen molar-refractivity contribution in [1.29, 1.82) is 0 Å². The molecule has 0 aromatic carbocycles. The molecule has 16 heavy (non-hydrogen) atoms. The number of hydrogen-bond acceptors (Lipinski definition) is 3. The summed E-state index contributed by atoms with van der Waals surface area (Å²) >= 11 is 0. The first-order chi connectivity index (χ1) is 7.38. The minimum absolute atomic E-state index is 0.105. The zero-order valence-electron chi connectivity index (χ0n) is 10.3. The molecule has 0 aromatic rings. The van der Waals surface area contributed by atoms with Crippen LogP contribution in [0, 0.1) is 0 Å². The van der Waals surface area contributed by atoms with E-state index >= 15 is 0 Å². The quantitative estimate of drug-likeness (QED) is 0.775. The third-order valence-electron chi connectivity index (χ3n) is 3.23. The van der Waals surface area contributed by atoms with Crippen molar-refractivity contribution in [1.82, 2.24) is 10.3 Å². The molecule has 0 fully saturated rings. The first-order valence-corrected chi connectivity index (χ1v) is 5.52. The van der Waals surface area contributed by atoms with Gasteiger partial charge in [-0.1, -0.05) is 6.92 Å². The molecule has 1 N–H and O–H groups in total. The highest BCUT2D eigenvalue weighted by atomic mass is 16.2. The van der Waals surface area contributed by atoms with Crippen LogP contribution in [0.1, 0.15) is 40.0 Å². The molecule has 0 aromatic heterocycles. The molecule has 1 aliphatic rings. The van der Waals surface area contributed by atoms with Crippen molar-refractivity contribution in [2.75, 3.05) is 7.05 Å². The average Bonchev–Trinajstić information content (AvgIpc) is 2.28. The Morgan fingerprint density at radius 3 is 2.56 bits per heavy atom. The second-order valence-electron chi connectivity index (χ2n) is 4.62. The summed E-state index contributed by atoms with van der Waals surface area (Å²) in [6.45, 7) is 6.05. The van der Waals surface area contributed by atoms with Gasteiger partial charge in [-0.05, 0) is 20.3 Å². The second-order valence-corrected chi connectivity index (χ2v) is 4.62. The minimum Gasteiger partial charge on any atom is -0.335 e. The van der Waals surface area contributed by atoms with Gasteiger partial charge in [0.15, 0.2) is 0 Å². The van der Waals surface area contributed by atoms with Crippen molar-refractivity contribution in [2.45, 2.75) is 45.6 Å². The maximum Gasteiger partial charge on any atom is 0.270 e. The molecule has 1 heterocycles. The fourth-order valence-electron chi connectivity index (χ4n) is 1.33. The molecule has 5 nitrogen and oxygen atoms in total. The summed E-state index contributed by atoms with van der Waals surface area (Å²) in [6, 6.07) is 0. The number of hydrazone groups is 1. The van der Waals surface area contributed by atoms with Crippen LogP contribution in [0.2, 0.25) is 0 Å². The Hall–Kier alpha value is -1.39. The van der Waals surface area contributed by atoms with E-state index in [0.717, 1.165) is 6.42 Å². The number of nitrogens with zero attached hydrogens (tertiary/aromatic N) is 2. The highest BCUT2D eigenvalue weighted by molar-refractivity contribution is 6.39. The van der Waals surface area contributed by atoms with Gasteiger partial charge in [0.05, 0.1) is 0 Å². The smallest absolute Gasteiger partial charge is 0.270 e. The molecule has 0 saturated carbocycles. The molecular formula is C11H19N3O2. The Labute approximate surface area is 95.9 Å². The van der Waals surface area contributed by atoms with Crippen molar-refractivity contribution in [3.63, 3.8) is 0 Å². The van der Waals surface area contributed by atoms with Crippen LogP contribution in [0.3, 0.4) is 0 Å². The van der Waals surface area contributed by atoms with E-state index in [-0.39, 0.29) is 17.4 Å². The molecule has 1 rings (SSSR count). The van der Waals surface area contributed by atoms with E-state index < -0.39 is 0 Å². The third kappa shape index (κ3) is 2.59. The molecule has 0 spiro atoms. The van der Waals surface area contributed by atoms with Crippen LogP contribution < -0.4 is 5.43 Å². The Morgan fingerprint density at radius 2 is 2.12 bits per heavy atom. The van der Waals surface area contributed by atoms with Crippen LogP contribution in [0.5, 0.6) is 0 Å². The summed E-state index contributed by atoms with van der Waals surface area (Å²) in [6.07, 6.45) is 1.63. The van der Waals surface area contributed by atoms with Crippen LogP contribution in [-0.4, -0.2) is 35.0 Å². The summed E-state index contributed by atoms with van der Waals surface area (Å²) in [5.74, 6) is -0.235. The lowest BCUT2D eigenvalue weighted by atomic mass is 9.98. The van der Waals surface area contributed by atoms with Crippen LogP contribution >= 0.6 is 0 Å². The number of carbonyl (C=O) groups is 2. The van der Waals surface area contributed by atoms with E-state index in [1.807, 2.05) is 20.8 Å². The number of amides is 2. The number of carbonyl (C=O) groups excluding carboxylic acids is 2. The van der Waals surface area contributed by atoms with Gasteiger partial charge in [-0.2, -0.15) is 5.10 Å². The molecule has 5 heteroatoms. The fourth-order valence-corrected chi connectivity index (χ4v) is 1.33. The molecule has 0 bridgehead atoms. The summed E-state index contributed by atoms with van der Waals surface area (Å²) in [5, 5.41) is 3.81. The van der Waals surface area contributed by atoms with Gasteiger partial charge in [0, 0.05) is 25.4 Å². The van der Waals surface area contributed by atoms with Crippen molar-refractivity contribution < 1.29 is 9.59 Å².